The Kier molecular flexibility index (Phi) is 5.38. The van der Waals surface area contributed by atoms with Crippen molar-refractivity contribution in [1.82, 2.24) is 0 Å². The van der Waals surface area contributed by atoms with Crippen LogP contribution in [0.1, 0.15) is 11.1 Å². The maximum Gasteiger partial charge on any atom is 0.372 e. The molecule has 0 saturated carbocycles. The number of ether oxygens (including phenoxy) is 1. The Hall–Kier alpha value is -2.53. The van der Waals surface area contributed by atoms with Crippen LogP contribution in [0, 0.1) is 6.92 Å². The van der Waals surface area contributed by atoms with Gasteiger partial charge in [0.25, 0.3) is 0 Å². The molecule has 0 spiro atoms. The van der Waals surface area contributed by atoms with Crippen molar-refractivity contribution < 1.29 is 14.4 Å². The molecule has 0 saturated heterocycles. The molecule has 0 bridgehead atoms. The normalized spacial score (nSPS) is 11.1. The van der Waals surface area contributed by atoms with E-state index in [9.17, 15) is 4.79 Å². The lowest BCUT2D eigenvalue weighted by molar-refractivity contribution is -0.146. The molecule has 2 aromatic carbocycles. The van der Waals surface area contributed by atoms with Crippen molar-refractivity contribution in [3.05, 3.63) is 64.7 Å². The largest absolute Gasteiger partial charge is 0.482 e. The molecule has 22 heavy (non-hydrogen) atoms. The third-order valence-corrected chi connectivity index (χ3v) is 3.08. The van der Waals surface area contributed by atoms with Crippen molar-refractivity contribution in [2.24, 2.45) is 10.9 Å². The van der Waals surface area contributed by atoms with Gasteiger partial charge in [-0.1, -0.05) is 35.0 Å². The molecule has 2 N–H and O–H groups in total. The number of halogens is 1. The van der Waals surface area contributed by atoms with E-state index in [0.29, 0.717) is 16.3 Å². The van der Waals surface area contributed by atoms with Crippen LogP contribution in [-0.2, 0) is 9.63 Å². The second kappa shape index (κ2) is 7.47. The third-order valence-electron chi connectivity index (χ3n) is 2.82. The van der Waals surface area contributed by atoms with Crippen LogP contribution >= 0.6 is 11.6 Å². The number of nitrogens with two attached hydrogens (primary N) is 1. The zero-order valence-corrected chi connectivity index (χ0v) is 12.7. The lowest BCUT2D eigenvalue weighted by Gasteiger charge is -2.07. The standard InChI is InChI=1S/C16H15ClN2O3/c1-11-4-2-3-5-14(11)21-10-15(20)22-19-16(18)12-6-8-13(17)9-7-12/h2-9H,10H2,1H3,(H2,18,19). The number of oxime groups is 1. The van der Waals surface area contributed by atoms with E-state index in [0.717, 1.165) is 5.56 Å². The van der Waals surface area contributed by atoms with Crippen LogP contribution in [-0.4, -0.2) is 18.4 Å². The molecule has 0 aliphatic heterocycles. The minimum atomic E-state index is -0.639. The van der Waals surface area contributed by atoms with Crippen LogP contribution in [0.3, 0.4) is 0 Å². The minimum Gasteiger partial charge on any atom is -0.482 e. The van der Waals surface area contributed by atoms with Crippen LogP contribution in [0.25, 0.3) is 0 Å². The highest BCUT2D eigenvalue weighted by Gasteiger charge is 2.07. The average Bonchev–Trinajstić information content (AvgIpc) is 2.52. The fraction of sp³-hybridized carbons (Fsp3) is 0.125. The van der Waals surface area contributed by atoms with E-state index in [2.05, 4.69) is 5.16 Å². The van der Waals surface area contributed by atoms with Gasteiger partial charge in [-0.15, -0.1) is 0 Å². The molecule has 6 heteroatoms. The van der Waals surface area contributed by atoms with E-state index >= 15 is 0 Å². The number of rotatable bonds is 5. The molecule has 0 heterocycles. The highest BCUT2D eigenvalue weighted by Crippen LogP contribution is 2.16. The Morgan fingerprint density at radius 3 is 2.55 bits per heavy atom. The Balaban J connectivity index is 1.88. The van der Waals surface area contributed by atoms with Gasteiger partial charge in [0.15, 0.2) is 12.4 Å². The summed E-state index contributed by atoms with van der Waals surface area (Å²) in [5.41, 5.74) is 7.25. The number of amidine groups is 1. The van der Waals surface area contributed by atoms with Crippen LogP contribution in [0.15, 0.2) is 53.7 Å². The maximum absolute atomic E-state index is 11.6. The van der Waals surface area contributed by atoms with E-state index in [1.807, 2.05) is 25.1 Å². The number of carbonyl (C=O) groups excluding carboxylic acids is 1. The van der Waals surface area contributed by atoms with E-state index in [-0.39, 0.29) is 12.4 Å². The van der Waals surface area contributed by atoms with Crippen LogP contribution in [0.4, 0.5) is 0 Å². The van der Waals surface area contributed by atoms with Gasteiger partial charge in [-0.2, -0.15) is 0 Å². The molecule has 0 aromatic heterocycles. The summed E-state index contributed by atoms with van der Waals surface area (Å²) in [5, 5.41) is 4.16. The van der Waals surface area contributed by atoms with E-state index in [1.165, 1.54) is 0 Å². The van der Waals surface area contributed by atoms with Gasteiger partial charge >= 0.3 is 5.97 Å². The van der Waals surface area contributed by atoms with E-state index in [4.69, 9.17) is 26.9 Å². The summed E-state index contributed by atoms with van der Waals surface area (Å²) in [5.74, 6) is 0.0650. The van der Waals surface area contributed by atoms with Crippen molar-refractivity contribution in [2.75, 3.05) is 6.61 Å². The third kappa shape index (κ3) is 4.49. The molecule has 0 fully saturated rings. The summed E-state index contributed by atoms with van der Waals surface area (Å²) < 4.78 is 5.35. The number of para-hydroxylation sites is 1. The molecule has 2 rings (SSSR count). The summed E-state index contributed by atoms with van der Waals surface area (Å²) >= 11 is 5.77. The first kappa shape index (κ1) is 15.9. The topological polar surface area (TPSA) is 73.9 Å². The van der Waals surface area contributed by atoms with Crippen molar-refractivity contribution in [3.63, 3.8) is 0 Å². The van der Waals surface area contributed by atoms with Gasteiger partial charge in [-0.05, 0) is 42.8 Å². The zero-order valence-electron chi connectivity index (χ0n) is 12.0. The van der Waals surface area contributed by atoms with Gasteiger partial charge < -0.3 is 15.3 Å². The second-order valence-corrected chi connectivity index (χ2v) is 4.94. The molecule has 0 amide bonds. The van der Waals surface area contributed by atoms with E-state index in [1.54, 1.807) is 30.3 Å². The van der Waals surface area contributed by atoms with Gasteiger partial charge in [0, 0.05) is 10.6 Å². The van der Waals surface area contributed by atoms with Gasteiger partial charge in [0.05, 0.1) is 0 Å². The molecular weight excluding hydrogens is 304 g/mol. The predicted molar refractivity (Wildman–Crippen MR) is 84.9 cm³/mol. The number of carbonyl (C=O) groups is 1. The van der Waals surface area contributed by atoms with Crippen molar-refractivity contribution in [2.45, 2.75) is 6.92 Å². The molecule has 0 atom stereocenters. The Bertz CT molecular complexity index is 684. The molecular formula is C16H15ClN2O3. The monoisotopic (exact) mass is 318 g/mol. The fourth-order valence-electron chi connectivity index (χ4n) is 1.65. The average molecular weight is 319 g/mol. The number of nitrogens with zero attached hydrogens (tertiary/aromatic N) is 1. The van der Waals surface area contributed by atoms with Gasteiger partial charge in [0.1, 0.15) is 5.75 Å². The quantitative estimate of drug-likeness (QED) is 0.398. The molecule has 114 valence electrons. The summed E-state index contributed by atoms with van der Waals surface area (Å²) in [7, 11) is 0. The number of aryl methyl sites for hydroxylation is 1. The van der Waals surface area contributed by atoms with E-state index < -0.39 is 5.97 Å². The number of hydrogen-bond acceptors (Lipinski definition) is 4. The maximum atomic E-state index is 11.6. The van der Waals surface area contributed by atoms with Gasteiger partial charge in [-0.25, -0.2) is 4.79 Å². The highest BCUT2D eigenvalue weighted by atomic mass is 35.5. The molecule has 2 aromatic rings. The first-order valence-corrected chi connectivity index (χ1v) is 6.92. The summed E-state index contributed by atoms with van der Waals surface area (Å²) in [4.78, 5) is 16.3. The van der Waals surface area contributed by atoms with Crippen LogP contribution in [0.2, 0.25) is 5.02 Å². The van der Waals surface area contributed by atoms with Crippen molar-refractivity contribution in [3.8, 4) is 5.75 Å². The molecule has 5 nitrogen and oxygen atoms in total. The molecule has 0 radical (unpaired) electrons. The van der Waals surface area contributed by atoms with Gasteiger partial charge in [0.2, 0.25) is 0 Å². The van der Waals surface area contributed by atoms with Crippen LogP contribution < -0.4 is 10.5 Å². The SMILES string of the molecule is Cc1ccccc1OCC(=O)ON=C(N)c1ccc(Cl)cc1. The second-order valence-electron chi connectivity index (χ2n) is 4.50. The predicted octanol–water partition coefficient (Wildman–Crippen LogP) is 2.89. The first-order chi connectivity index (χ1) is 10.6. The smallest absolute Gasteiger partial charge is 0.372 e. The minimum absolute atomic E-state index is 0.0842. The van der Waals surface area contributed by atoms with Crippen molar-refractivity contribution in [1.29, 1.82) is 0 Å². The Morgan fingerprint density at radius 1 is 1.18 bits per heavy atom. The molecule has 0 unspecified atom stereocenters. The zero-order chi connectivity index (χ0) is 15.9. The lowest BCUT2D eigenvalue weighted by atomic mass is 10.2. The lowest BCUT2D eigenvalue weighted by Crippen LogP contribution is -2.18. The number of benzene rings is 2. The molecule has 0 aliphatic rings. The highest BCUT2D eigenvalue weighted by molar-refractivity contribution is 6.30. The van der Waals surface area contributed by atoms with Crippen molar-refractivity contribution >= 4 is 23.4 Å². The molecule has 0 aliphatic carbocycles. The first-order valence-electron chi connectivity index (χ1n) is 6.54. The summed E-state index contributed by atoms with van der Waals surface area (Å²) in [6, 6.07) is 14.1. The summed E-state index contributed by atoms with van der Waals surface area (Å²) in [6.45, 7) is 1.64. The number of hydrogen-bond donors (Lipinski definition) is 1. The Morgan fingerprint density at radius 2 is 1.86 bits per heavy atom. The van der Waals surface area contributed by atoms with Crippen LogP contribution in [0.5, 0.6) is 5.75 Å². The van der Waals surface area contributed by atoms with Gasteiger partial charge in [-0.3, -0.25) is 0 Å². The fourth-order valence-corrected chi connectivity index (χ4v) is 1.78. The summed E-state index contributed by atoms with van der Waals surface area (Å²) in [6.07, 6.45) is 0. The Labute approximate surface area is 133 Å².